The van der Waals surface area contributed by atoms with Crippen molar-refractivity contribution < 1.29 is 70.0 Å². The number of ether oxygens (including phenoxy) is 4. The lowest BCUT2D eigenvalue weighted by Crippen LogP contribution is -2.65. The lowest BCUT2D eigenvalue weighted by Gasteiger charge is -2.67. The third-order valence-electron chi connectivity index (χ3n) is 17.8. The summed E-state index contributed by atoms with van der Waals surface area (Å²) in [6, 6.07) is 0. The fourth-order valence-electron chi connectivity index (χ4n) is 14.3. The zero-order valence-electron chi connectivity index (χ0n) is 34.4. The SMILES string of the molecule is CC(C)C(O)CC[C@@H](C)[C@@H]1[C@H]2C[C@@H](O)[C@@]34C[C@@]35CC[C@H](O[C@@H]3O[C@H](CO[C@@H]6O[C@H](CO)[C@@H](O)[C@H](O)[C@H]6O)[C@@H](O)[C@H](O)[C@H]3O)C(C)(C)[C@@H]5CC[C@@]4(C)[C@]2(C)C[C@@H]1O. The molecule has 14 nitrogen and oxygen atoms in total. The van der Waals surface area contributed by atoms with Gasteiger partial charge in [-0.25, -0.2) is 0 Å². The summed E-state index contributed by atoms with van der Waals surface area (Å²) < 4.78 is 23.7. The Bertz CT molecular complexity index is 1400. The third-order valence-corrected chi connectivity index (χ3v) is 17.8. The van der Waals surface area contributed by atoms with Crippen LogP contribution in [-0.2, 0) is 18.9 Å². The number of hydrogen-bond acceptors (Lipinski definition) is 14. The van der Waals surface area contributed by atoms with Gasteiger partial charge in [-0.2, -0.15) is 0 Å². The molecule has 0 bridgehead atoms. The Kier molecular flexibility index (Phi) is 11.7. The molecule has 10 N–H and O–H groups in total. The molecule has 0 aromatic carbocycles. The second kappa shape index (κ2) is 15.1. The van der Waals surface area contributed by atoms with E-state index in [0.717, 1.165) is 32.1 Å². The van der Waals surface area contributed by atoms with Crippen molar-refractivity contribution >= 4 is 0 Å². The van der Waals surface area contributed by atoms with E-state index in [-0.39, 0.29) is 57.4 Å². The molecule has 1 unspecified atom stereocenters. The molecule has 14 heteroatoms. The zero-order valence-corrected chi connectivity index (χ0v) is 34.4. The van der Waals surface area contributed by atoms with Gasteiger partial charge in [-0.15, -0.1) is 0 Å². The largest absolute Gasteiger partial charge is 0.394 e. The fraction of sp³-hybridized carbons (Fsp3) is 1.00. The minimum absolute atomic E-state index is 0.0680. The second-order valence-corrected chi connectivity index (χ2v) is 20.7. The van der Waals surface area contributed by atoms with Crippen LogP contribution in [0.25, 0.3) is 0 Å². The molecule has 56 heavy (non-hydrogen) atoms. The van der Waals surface area contributed by atoms with E-state index in [0.29, 0.717) is 25.7 Å². The van der Waals surface area contributed by atoms with E-state index >= 15 is 0 Å². The first kappa shape index (κ1) is 43.5. The maximum absolute atomic E-state index is 12.4. The molecule has 0 aromatic heterocycles. The highest BCUT2D eigenvalue weighted by molar-refractivity contribution is 5.35. The van der Waals surface area contributed by atoms with Gasteiger partial charge in [0.25, 0.3) is 0 Å². The van der Waals surface area contributed by atoms with Gasteiger partial charge in [0.2, 0.25) is 0 Å². The van der Waals surface area contributed by atoms with E-state index in [1.807, 2.05) is 13.8 Å². The number of fused-ring (bicyclic) bond motifs is 2. The van der Waals surface area contributed by atoms with Crippen LogP contribution in [0, 0.1) is 56.7 Å². The molecule has 2 spiro atoms. The summed E-state index contributed by atoms with van der Waals surface area (Å²) in [6.07, 6.45) is -9.49. The molecule has 0 radical (unpaired) electrons. The normalized spacial score (nSPS) is 54.8. The highest BCUT2D eigenvalue weighted by Crippen LogP contribution is 2.91. The maximum Gasteiger partial charge on any atom is 0.186 e. The minimum Gasteiger partial charge on any atom is -0.394 e. The van der Waals surface area contributed by atoms with E-state index in [1.54, 1.807) is 0 Å². The van der Waals surface area contributed by atoms with Crippen molar-refractivity contribution in [1.82, 2.24) is 0 Å². The monoisotopic (exact) mass is 800 g/mol. The Morgan fingerprint density at radius 1 is 0.750 bits per heavy atom. The van der Waals surface area contributed by atoms with Gasteiger partial charge in [-0.05, 0) is 109 Å². The van der Waals surface area contributed by atoms with Gasteiger partial charge in [0.1, 0.15) is 48.8 Å². The fourth-order valence-corrected chi connectivity index (χ4v) is 14.3. The van der Waals surface area contributed by atoms with E-state index < -0.39 is 98.4 Å². The Labute approximate surface area is 331 Å². The Morgan fingerprint density at radius 3 is 2.02 bits per heavy atom. The number of rotatable bonds is 11. The van der Waals surface area contributed by atoms with Gasteiger partial charge in [0, 0.05) is 5.41 Å². The Hall–Kier alpha value is -0.560. The van der Waals surface area contributed by atoms with E-state index in [9.17, 15) is 51.1 Å². The minimum atomic E-state index is -1.66. The van der Waals surface area contributed by atoms with Gasteiger partial charge < -0.3 is 70.0 Å². The molecule has 22 atom stereocenters. The van der Waals surface area contributed by atoms with Crippen molar-refractivity contribution in [3.8, 4) is 0 Å². The first-order valence-corrected chi connectivity index (χ1v) is 21.4. The zero-order chi connectivity index (χ0) is 41.1. The average molecular weight is 801 g/mol. The van der Waals surface area contributed by atoms with E-state index in [2.05, 4.69) is 34.6 Å². The van der Waals surface area contributed by atoms with Gasteiger partial charge in [-0.3, -0.25) is 0 Å². The van der Waals surface area contributed by atoms with Crippen molar-refractivity contribution in [2.45, 2.75) is 192 Å². The Balaban J connectivity index is 1.05. The molecule has 0 amide bonds. The van der Waals surface area contributed by atoms with Crippen LogP contribution in [-0.4, -0.2) is 150 Å². The molecule has 0 aromatic rings. The molecule has 7 rings (SSSR count). The van der Waals surface area contributed by atoms with Crippen LogP contribution in [0.1, 0.15) is 106 Å². The topological polar surface area (TPSA) is 239 Å². The van der Waals surface area contributed by atoms with Crippen molar-refractivity contribution in [3.63, 3.8) is 0 Å². The molecule has 2 heterocycles. The molecule has 7 fully saturated rings. The summed E-state index contributed by atoms with van der Waals surface area (Å²) in [6.45, 7) is 14.4. The summed E-state index contributed by atoms with van der Waals surface area (Å²) in [5.41, 5.74) is -1.17. The summed E-state index contributed by atoms with van der Waals surface area (Å²) in [5, 5.41) is 108. The van der Waals surface area contributed by atoms with Crippen LogP contribution < -0.4 is 0 Å². The summed E-state index contributed by atoms with van der Waals surface area (Å²) in [7, 11) is 0. The first-order valence-electron chi connectivity index (χ1n) is 21.4. The summed E-state index contributed by atoms with van der Waals surface area (Å²) in [4.78, 5) is 0. The van der Waals surface area contributed by atoms with Crippen molar-refractivity contribution in [2.75, 3.05) is 13.2 Å². The number of hydrogen-bond donors (Lipinski definition) is 10. The van der Waals surface area contributed by atoms with Crippen molar-refractivity contribution in [1.29, 1.82) is 0 Å². The average Bonchev–Trinajstić information content (AvgIpc) is 3.77. The molecule has 324 valence electrons. The molecule has 2 aliphatic heterocycles. The molecule has 2 saturated heterocycles. The van der Waals surface area contributed by atoms with Gasteiger partial charge >= 0.3 is 0 Å². The molecule has 5 aliphatic carbocycles. The second-order valence-electron chi connectivity index (χ2n) is 20.7. The summed E-state index contributed by atoms with van der Waals surface area (Å²) in [5.74, 6) is 0.851. The first-order chi connectivity index (χ1) is 26.1. The lowest BCUT2D eigenvalue weighted by atomic mass is 9.38. The smallest absolute Gasteiger partial charge is 0.186 e. The predicted molar refractivity (Wildman–Crippen MR) is 200 cm³/mol. The van der Waals surface area contributed by atoms with Crippen LogP contribution >= 0.6 is 0 Å². The number of aliphatic hydroxyl groups excluding tert-OH is 10. The third kappa shape index (κ3) is 6.24. The number of aliphatic hydroxyl groups is 10. The molecular weight excluding hydrogens is 728 g/mol. The predicted octanol–water partition coefficient (Wildman–Crippen LogP) is 0.810. The Morgan fingerprint density at radius 2 is 1.38 bits per heavy atom. The van der Waals surface area contributed by atoms with Crippen molar-refractivity contribution in [3.05, 3.63) is 0 Å². The van der Waals surface area contributed by atoms with Crippen LogP contribution in [0.15, 0.2) is 0 Å². The van der Waals surface area contributed by atoms with Crippen LogP contribution in [0.3, 0.4) is 0 Å². The highest BCUT2D eigenvalue weighted by atomic mass is 16.7. The maximum atomic E-state index is 12.4. The molecule has 7 aliphatic rings. The molecular formula is C42H72O14. The molecule has 5 saturated carbocycles. The van der Waals surface area contributed by atoms with Gasteiger partial charge in [0.05, 0.1) is 37.6 Å². The standard InChI is InChI=1S/C42H72O14/c1-19(2)22(44)9-8-20(3)29-21-14-27(46)42-18-41(42)13-11-28(38(4,5)26(41)10-12-40(42,7)39(21,6)15-23(29)45)56-37-35(52)33(50)31(48)25(55-37)17-53-36-34(51)32(49)30(47)24(16-43)54-36/h19-37,43-52H,8-18H2,1-7H3/t20-,21-,22?,23+,24-,25-,26+,27-,28+,29-,30-,31-,32+,33+,34-,35-,36-,37+,39-,40+,41-,42-/m1/s1. The van der Waals surface area contributed by atoms with Crippen LogP contribution in [0.2, 0.25) is 0 Å². The van der Waals surface area contributed by atoms with Crippen molar-refractivity contribution in [2.24, 2.45) is 56.7 Å². The quantitative estimate of drug-likeness (QED) is 0.130. The van der Waals surface area contributed by atoms with Crippen LogP contribution in [0.5, 0.6) is 0 Å². The van der Waals surface area contributed by atoms with E-state index in [1.165, 1.54) is 0 Å². The summed E-state index contributed by atoms with van der Waals surface area (Å²) >= 11 is 0. The van der Waals surface area contributed by atoms with Gasteiger partial charge in [-0.1, -0.05) is 48.5 Å². The lowest BCUT2D eigenvalue weighted by molar-refractivity contribution is -0.344. The van der Waals surface area contributed by atoms with Gasteiger partial charge in [0.15, 0.2) is 12.6 Å². The van der Waals surface area contributed by atoms with E-state index in [4.69, 9.17) is 18.9 Å². The highest BCUT2D eigenvalue weighted by Gasteiger charge is 2.87. The van der Waals surface area contributed by atoms with Crippen LogP contribution in [0.4, 0.5) is 0 Å².